The molecule has 0 unspecified atom stereocenters. The van der Waals surface area contributed by atoms with Crippen molar-refractivity contribution in [2.75, 3.05) is 20.2 Å². The third-order valence-electron chi connectivity index (χ3n) is 7.51. The minimum atomic E-state index is -0.591. The third kappa shape index (κ3) is 7.08. The van der Waals surface area contributed by atoms with E-state index in [-0.39, 0.29) is 18.4 Å². The number of ether oxygens (including phenoxy) is 2. The molecular weight excluding hydrogens is 498 g/mol. The maximum atomic E-state index is 12.4. The molecule has 1 aliphatic rings. The summed E-state index contributed by atoms with van der Waals surface area (Å²) in [4.78, 5) is 27.1. The van der Waals surface area contributed by atoms with Crippen LogP contribution >= 0.6 is 0 Å². The van der Waals surface area contributed by atoms with Crippen molar-refractivity contribution in [1.82, 2.24) is 4.90 Å². The zero-order chi connectivity index (χ0) is 28.9. The van der Waals surface area contributed by atoms with Gasteiger partial charge in [-0.2, -0.15) is 0 Å². The number of carbonyl (C=O) groups excluding carboxylic acids is 2. The standard InChI is InChI=1S/C35H41NO4/c1-24(2)36-22-29(23-36)25-12-14-27(15-13-25)33(28-16-18-30(19-17-28)40-34(38)35(3,4)5)31(20-21-32(37)39-6)26-10-8-7-9-11-26/h7-19,24,29H,20-23H2,1-6H3. The van der Waals surface area contributed by atoms with Crippen LogP contribution in [0.3, 0.4) is 0 Å². The molecule has 0 spiro atoms. The van der Waals surface area contributed by atoms with Crippen molar-refractivity contribution in [3.63, 3.8) is 0 Å². The predicted molar refractivity (Wildman–Crippen MR) is 161 cm³/mol. The number of carbonyl (C=O) groups is 2. The molecule has 1 saturated heterocycles. The lowest BCUT2D eigenvalue weighted by Gasteiger charge is -2.42. The summed E-state index contributed by atoms with van der Waals surface area (Å²) in [5.41, 5.74) is 5.99. The van der Waals surface area contributed by atoms with Crippen molar-refractivity contribution in [2.24, 2.45) is 5.41 Å². The monoisotopic (exact) mass is 539 g/mol. The van der Waals surface area contributed by atoms with Crippen LogP contribution in [0.25, 0.3) is 11.1 Å². The predicted octanol–water partition coefficient (Wildman–Crippen LogP) is 7.36. The average molecular weight is 540 g/mol. The van der Waals surface area contributed by atoms with Gasteiger partial charge >= 0.3 is 11.9 Å². The van der Waals surface area contributed by atoms with Gasteiger partial charge in [0, 0.05) is 31.5 Å². The first kappa shape index (κ1) is 29.3. The van der Waals surface area contributed by atoms with Crippen molar-refractivity contribution in [1.29, 1.82) is 0 Å². The minimum Gasteiger partial charge on any atom is -0.469 e. The van der Waals surface area contributed by atoms with Gasteiger partial charge in [0.1, 0.15) is 5.75 Å². The molecule has 0 saturated carbocycles. The molecule has 0 aromatic heterocycles. The molecule has 1 heterocycles. The highest BCUT2D eigenvalue weighted by molar-refractivity contribution is 5.99. The Kier molecular flexibility index (Phi) is 9.26. The molecule has 5 nitrogen and oxygen atoms in total. The number of likely N-dealkylation sites (tertiary alicyclic amines) is 1. The van der Waals surface area contributed by atoms with E-state index in [4.69, 9.17) is 9.47 Å². The van der Waals surface area contributed by atoms with E-state index in [2.05, 4.69) is 55.1 Å². The Balaban J connectivity index is 1.75. The summed E-state index contributed by atoms with van der Waals surface area (Å²) in [6.45, 7) is 12.2. The zero-order valence-electron chi connectivity index (χ0n) is 24.6. The van der Waals surface area contributed by atoms with Gasteiger partial charge in [0.25, 0.3) is 0 Å². The summed E-state index contributed by atoms with van der Waals surface area (Å²) in [7, 11) is 1.42. The molecule has 1 fully saturated rings. The molecule has 4 rings (SSSR count). The second kappa shape index (κ2) is 12.6. The molecule has 3 aromatic carbocycles. The summed E-state index contributed by atoms with van der Waals surface area (Å²) in [5, 5.41) is 0. The number of benzene rings is 3. The first-order valence-corrected chi connectivity index (χ1v) is 14.1. The Labute approximate surface area is 238 Å². The number of hydrogen-bond donors (Lipinski definition) is 0. The molecule has 0 bridgehead atoms. The lowest BCUT2D eigenvalue weighted by atomic mass is 9.85. The Morgan fingerprint density at radius 3 is 1.93 bits per heavy atom. The van der Waals surface area contributed by atoms with E-state index >= 15 is 0 Å². The van der Waals surface area contributed by atoms with Crippen LogP contribution in [0.15, 0.2) is 78.9 Å². The van der Waals surface area contributed by atoms with Gasteiger partial charge in [-0.05, 0) is 86.6 Å². The number of allylic oxidation sites excluding steroid dienone is 1. The van der Waals surface area contributed by atoms with E-state index in [0.717, 1.165) is 40.9 Å². The molecule has 0 amide bonds. The number of nitrogens with zero attached hydrogens (tertiary/aromatic N) is 1. The van der Waals surface area contributed by atoms with Crippen molar-refractivity contribution < 1.29 is 19.1 Å². The molecule has 0 atom stereocenters. The molecule has 5 heteroatoms. The lowest BCUT2D eigenvalue weighted by molar-refractivity contribution is -0.143. The van der Waals surface area contributed by atoms with Crippen molar-refractivity contribution in [3.8, 4) is 5.75 Å². The van der Waals surface area contributed by atoms with E-state index in [0.29, 0.717) is 24.1 Å². The van der Waals surface area contributed by atoms with Crippen LogP contribution in [-0.2, 0) is 14.3 Å². The van der Waals surface area contributed by atoms with Crippen molar-refractivity contribution >= 4 is 23.1 Å². The molecule has 3 aromatic rings. The van der Waals surface area contributed by atoms with Crippen LogP contribution in [-0.4, -0.2) is 43.1 Å². The smallest absolute Gasteiger partial charge is 0.316 e. The highest BCUT2D eigenvalue weighted by Crippen LogP contribution is 2.37. The first-order chi connectivity index (χ1) is 19.1. The molecule has 1 aliphatic heterocycles. The van der Waals surface area contributed by atoms with E-state index < -0.39 is 5.41 Å². The third-order valence-corrected chi connectivity index (χ3v) is 7.51. The molecule has 40 heavy (non-hydrogen) atoms. The second-order valence-electron chi connectivity index (χ2n) is 11.8. The summed E-state index contributed by atoms with van der Waals surface area (Å²) in [5.74, 6) is 0.538. The van der Waals surface area contributed by atoms with Crippen LogP contribution in [0.4, 0.5) is 0 Å². The SMILES string of the molecule is COC(=O)CCC(=C(c1ccc(OC(=O)C(C)(C)C)cc1)c1ccc(C2CN(C(C)C)C2)cc1)c1ccccc1. The van der Waals surface area contributed by atoms with E-state index in [1.54, 1.807) is 0 Å². The van der Waals surface area contributed by atoms with Crippen LogP contribution in [0.1, 0.15) is 75.6 Å². The van der Waals surface area contributed by atoms with E-state index in [1.165, 1.54) is 12.7 Å². The highest BCUT2D eigenvalue weighted by atomic mass is 16.5. The van der Waals surface area contributed by atoms with Crippen LogP contribution < -0.4 is 4.74 Å². The van der Waals surface area contributed by atoms with E-state index in [1.807, 2.05) is 63.2 Å². The van der Waals surface area contributed by atoms with Gasteiger partial charge < -0.3 is 9.47 Å². The Hall–Kier alpha value is -3.70. The zero-order valence-corrected chi connectivity index (χ0v) is 24.6. The minimum absolute atomic E-state index is 0.243. The van der Waals surface area contributed by atoms with Gasteiger partial charge in [-0.25, -0.2) is 0 Å². The number of rotatable bonds is 9. The highest BCUT2D eigenvalue weighted by Gasteiger charge is 2.29. The van der Waals surface area contributed by atoms with Crippen molar-refractivity contribution in [3.05, 3.63) is 101 Å². The maximum absolute atomic E-state index is 12.4. The Bertz CT molecular complexity index is 1330. The largest absolute Gasteiger partial charge is 0.469 e. The van der Waals surface area contributed by atoms with Gasteiger partial charge in [0.05, 0.1) is 12.5 Å². The number of methoxy groups -OCH3 is 1. The topological polar surface area (TPSA) is 55.8 Å². The van der Waals surface area contributed by atoms with Crippen LogP contribution in [0.5, 0.6) is 5.75 Å². The van der Waals surface area contributed by atoms with Crippen LogP contribution in [0.2, 0.25) is 0 Å². The van der Waals surface area contributed by atoms with E-state index in [9.17, 15) is 9.59 Å². The van der Waals surface area contributed by atoms with Crippen LogP contribution in [0, 0.1) is 5.41 Å². The maximum Gasteiger partial charge on any atom is 0.316 e. The lowest BCUT2D eigenvalue weighted by Crippen LogP contribution is -2.48. The van der Waals surface area contributed by atoms with Gasteiger partial charge in [-0.15, -0.1) is 0 Å². The quantitative estimate of drug-likeness (QED) is 0.162. The average Bonchev–Trinajstić information content (AvgIpc) is 2.91. The van der Waals surface area contributed by atoms with Gasteiger partial charge in [-0.3, -0.25) is 14.5 Å². The summed E-state index contributed by atoms with van der Waals surface area (Å²) in [6, 6.07) is 27.3. The normalized spacial score (nSPS) is 14.9. The fourth-order valence-electron chi connectivity index (χ4n) is 4.91. The summed E-state index contributed by atoms with van der Waals surface area (Å²) < 4.78 is 10.6. The molecule has 0 aliphatic carbocycles. The number of esters is 2. The van der Waals surface area contributed by atoms with Gasteiger partial charge in [0.15, 0.2) is 0 Å². The Morgan fingerprint density at radius 1 is 0.825 bits per heavy atom. The summed E-state index contributed by atoms with van der Waals surface area (Å²) >= 11 is 0. The fourth-order valence-corrected chi connectivity index (χ4v) is 4.91. The first-order valence-electron chi connectivity index (χ1n) is 14.1. The summed E-state index contributed by atoms with van der Waals surface area (Å²) in [6.07, 6.45) is 0.803. The van der Waals surface area contributed by atoms with Crippen molar-refractivity contribution in [2.45, 2.75) is 59.4 Å². The Morgan fingerprint density at radius 2 is 1.40 bits per heavy atom. The molecule has 210 valence electrons. The van der Waals surface area contributed by atoms with Gasteiger partial charge in [-0.1, -0.05) is 66.7 Å². The molecular formula is C35H41NO4. The van der Waals surface area contributed by atoms with Gasteiger partial charge in [0.2, 0.25) is 0 Å². The second-order valence-corrected chi connectivity index (χ2v) is 11.8. The fraction of sp³-hybridized carbons (Fsp3) is 0.371. The molecule has 0 N–H and O–H groups in total. The molecule has 0 radical (unpaired) electrons. The number of hydrogen-bond acceptors (Lipinski definition) is 5.